The van der Waals surface area contributed by atoms with Gasteiger partial charge in [0.1, 0.15) is 23.5 Å². The molecule has 0 amide bonds. The highest BCUT2D eigenvalue weighted by Crippen LogP contribution is 2.41. The molecule has 3 aromatic carbocycles. The van der Waals surface area contributed by atoms with E-state index in [0.29, 0.717) is 17.4 Å². The zero-order valence-corrected chi connectivity index (χ0v) is 18.1. The van der Waals surface area contributed by atoms with E-state index in [4.69, 9.17) is 5.26 Å². The maximum Gasteiger partial charge on any atom is 0.141 e. The van der Waals surface area contributed by atoms with Gasteiger partial charge in [0.2, 0.25) is 0 Å². The Bertz CT molecular complexity index is 1100. The lowest BCUT2D eigenvalue weighted by Crippen LogP contribution is -2.15. The Kier molecular flexibility index (Phi) is 6.65. The maximum atomic E-state index is 14.9. The summed E-state index contributed by atoms with van der Waals surface area (Å²) in [5, 5.41) is 8.86. The lowest BCUT2D eigenvalue weighted by Gasteiger charge is -2.30. The molecule has 1 atom stereocenters. The summed E-state index contributed by atoms with van der Waals surface area (Å²) in [5.74, 6) is -0.908. The van der Waals surface area contributed by atoms with Gasteiger partial charge in [0.15, 0.2) is 0 Å². The van der Waals surface area contributed by atoms with Crippen molar-refractivity contribution in [2.75, 3.05) is 0 Å². The molecule has 0 saturated heterocycles. The Morgan fingerprint density at radius 3 is 2.12 bits per heavy atom. The molecule has 0 aliphatic heterocycles. The summed E-state index contributed by atoms with van der Waals surface area (Å²) in [4.78, 5) is 0. The summed E-state index contributed by atoms with van der Waals surface area (Å²) in [6, 6.07) is 18.7. The fourth-order valence-electron chi connectivity index (χ4n) is 5.01. The maximum absolute atomic E-state index is 14.9. The molecule has 1 saturated carbocycles. The molecule has 0 radical (unpaired) electrons. The lowest BCUT2D eigenvalue weighted by atomic mass is 9.75. The predicted octanol–water partition coefficient (Wildman–Crippen LogP) is 8.11. The third kappa shape index (κ3) is 4.72. The van der Waals surface area contributed by atoms with Crippen LogP contribution in [-0.2, 0) is 0 Å². The van der Waals surface area contributed by atoms with Gasteiger partial charge in [-0.05, 0) is 90.8 Å². The van der Waals surface area contributed by atoms with Crippen LogP contribution in [-0.4, -0.2) is 0 Å². The van der Waals surface area contributed by atoms with Crippen LogP contribution in [0.15, 0.2) is 60.7 Å². The molecule has 1 nitrogen and oxygen atoms in total. The average molecular weight is 434 g/mol. The van der Waals surface area contributed by atoms with Crippen LogP contribution in [0.1, 0.15) is 67.6 Å². The minimum Gasteiger partial charge on any atom is -0.206 e. The van der Waals surface area contributed by atoms with Crippen LogP contribution in [0.5, 0.6) is 0 Å². The molecule has 0 unspecified atom stereocenters. The topological polar surface area (TPSA) is 23.8 Å². The number of halogens is 3. The predicted molar refractivity (Wildman–Crippen MR) is 121 cm³/mol. The second kappa shape index (κ2) is 9.61. The van der Waals surface area contributed by atoms with Crippen molar-refractivity contribution in [3.63, 3.8) is 0 Å². The van der Waals surface area contributed by atoms with Gasteiger partial charge >= 0.3 is 0 Å². The standard InChI is InChI=1S/C28H26F3N/c1-18(20-5-3-2-4-6-20)13-19-7-9-21(10-8-19)24-15-26(30)28(27(31)16-24)22-11-12-23(17-32)25(29)14-22/h2-6,11-12,14-16,18-19,21H,7-10,13H2,1H3/t18-,19?,21?/m0/s1. The number of hydrogen-bond donors (Lipinski definition) is 0. The average Bonchev–Trinajstić information content (AvgIpc) is 2.80. The molecule has 3 aromatic rings. The van der Waals surface area contributed by atoms with Crippen molar-refractivity contribution in [1.29, 1.82) is 5.26 Å². The van der Waals surface area contributed by atoms with E-state index in [-0.39, 0.29) is 22.6 Å². The highest BCUT2D eigenvalue weighted by molar-refractivity contribution is 5.66. The lowest BCUT2D eigenvalue weighted by molar-refractivity contribution is 0.296. The van der Waals surface area contributed by atoms with E-state index in [2.05, 4.69) is 31.2 Å². The van der Waals surface area contributed by atoms with Gasteiger partial charge in [-0.15, -0.1) is 0 Å². The van der Waals surface area contributed by atoms with Crippen LogP contribution in [0, 0.1) is 34.7 Å². The van der Waals surface area contributed by atoms with Crippen molar-refractivity contribution in [1.82, 2.24) is 0 Å². The Labute approximate surface area is 187 Å². The van der Waals surface area contributed by atoms with Crippen molar-refractivity contribution < 1.29 is 13.2 Å². The van der Waals surface area contributed by atoms with E-state index in [1.165, 1.54) is 29.8 Å². The fourth-order valence-corrected chi connectivity index (χ4v) is 5.01. The summed E-state index contributed by atoms with van der Waals surface area (Å²) < 4.78 is 43.7. The second-order valence-corrected chi connectivity index (χ2v) is 8.93. The molecule has 1 fully saturated rings. The molecule has 0 aromatic heterocycles. The van der Waals surface area contributed by atoms with Crippen molar-refractivity contribution in [2.24, 2.45) is 5.92 Å². The smallest absolute Gasteiger partial charge is 0.141 e. The molecule has 0 heterocycles. The molecule has 0 spiro atoms. The van der Waals surface area contributed by atoms with Crippen molar-refractivity contribution >= 4 is 0 Å². The van der Waals surface area contributed by atoms with Gasteiger partial charge in [0.25, 0.3) is 0 Å². The molecule has 1 aliphatic carbocycles. The molecular weight excluding hydrogens is 407 g/mol. The van der Waals surface area contributed by atoms with Gasteiger partial charge in [0.05, 0.1) is 11.1 Å². The molecule has 164 valence electrons. The van der Waals surface area contributed by atoms with E-state index >= 15 is 0 Å². The number of nitriles is 1. The van der Waals surface area contributed by atoms with E-state index < -0.39 is 17.5 Å². The Balaban J connectivity index is 1.44. The molecule has 1 aliphatic rings. The molecule has 4 heteroatoms. The van der Waals surface area contributed by atoms with Crippen LogP contribution in [0.3, 0.4) is 0 Å². The second-order valence-electron chi connectivity index (χ2n) is 8.93. The highest BCUT2D eigenvalue weighted by atomic mass is 19.1. The number of nitrogens with zero attached hydrogens (tertiary/aromatic N) is 1. The Morgan fingerprint density at radius 2 is 1.53 bits per heavy atom. The molecule has 0 N–H and O–H groups in total. The van der Waals surface area contributed by atoms with E-state index in [1.54, 1.807) is 6.07 Å². The molecule has 4 rings (SSSR count). The first-order valence-corrected chi connectivity index (χ1v) is 11.2. The van der Waals surface area contributed by atoms with Crippen LogP contribution in [0.4, 0.5) is 13.2 Å². The minimum absolute atomic E-state index is 0.0988. The monoisotopic (exact) mass is 433 g/mol. The Hall–Kier alpha value is -3.06. The van der Waals surface area contributed by atoms with Gasteiger partial charge in [-0.25, -0.2) is 13.2 Å². The first-order valence-electron chi connectivity index (χ1n) is 11.2. The van der Waals surface area contributed by atoms with Crippen molar-refractivity contribution in [3.05, 3.63) is 94.8 Å². The molecule has 0 bridgehead atoms. The van der Waals surface area contributed by atoms with Gasteiger partial charge in [-0.1, -0.05) is 43.3 Å². The van der Waals surface area contributed by atoms with Gasteiger partial charge in [-0.3, -0.25) is 0 Å². The summed E-state index contributed by atoms with van der Waals surface area (Å²) >= 11 is 0. The quantitative estimate of drug-likeness (QED) is 0.399. The summed E-state index contributed by atoms with van der Waals surface area (Å²) in [6.07, 6.45) is 5.05. The highest BCUT2D eigenvalue weighted by Gasteiger charge is 2.26. The van der Waals surface area contributed by atoms with E-state index in [1.807, 2.05) is 6.07 Å². The number of hydrogen-bond acceptors (Lipinski definition) is 1. The van der Waals surface area contributed by atoms with Crippen molar-refractivity contribution in [3.8, 4) is 17.2 Å². The first-order chi connectivity index (χ1) is 15.5. The van der Waals surface area contributed by atoms with Gasteiger partial charge in [0, 0.05) is 0 Å². The van der Waals surface area contributed by atoms with E-state index in [9.17, 15) is 13.2 Å². The number of benzene rings is 3. The van der Waals surface area contributed by atoms with Gasteiger partial charge in [-0.2, -0.15) is 5.26 Å². The SMILES string of the molecule is C[C@@H](CC1CCC(c2cc(F)c(-c3ccc(C#N)c(F)c3)c(F)c2)CC1)c1ccccc1. The third-order valence-corrected chi connectivity index (χ3v) is 6.82. The van der Waals surface area contributed by atoms with Crippen LogP contribution >= 0.6 is 0 Å². The third-order valence-electron chi connectivity index (χ3n) is 6.82. The summed E-state index contributed by atoms with van der Waals surface area (Å²) in [7, 11) is 0. The first kappa shape index (κ1) is 22.1. The van der Waals surface area contributed by atoms with E-state index in [0.717, 1.165) is 38.2 Å². The van der Waals surface area contributed by atoms with Crippen molar-refractivity contribution in [2.45, 2.75) is 50.9 Å². The number of rotatable bonds is 5. The summed E-state index contributed by atoms with van der Waals surface area (Å²) in [6.45, 7) is 2.26. The Morgan fingerprint density at radius 1 is 0.875 bits per heavy atom. The molecule has 32 heavy (non-hydrogen) atoms. The molecular formula is C28H26F3N. The van der Waals surface area contributed by atoms with Gasteiger partial charge < -0.3 is 0 Å². The zero-order chi connectivity index (χ0) is 22.7. The van der Waals surface area contributed by atoms with Crippen LogP contribution in [0.25, 0.3) is 11.1 Å². The largest absolute Gasteiger partial charge is 0.206 e. The summed E-state index contributed by atoms with van der Waals surface area (Å²) in [5.41, 5.74) is 1.73. The zero-order valence-electron chi connectivity index (χ0n) is 18.1. The normalized spacial score (nSPS) is 19.3. The fraction of sp³-hybridized carbons (Fsp3) is 0.321. The minimum atomic E-state index is -0.782. The van der Waals surface area contributed by atoms with Crippen LogP contribution < -0.4 is 0 Å². The van der Waals surface area contributed by atoms with Crippen LogP contribution in [0.2, 0.25) is 0 Å².